The van der Waals surface area contributed by atoms with Crippen molar-refractivity contribution in [2.24, 2.45) is 23.7 Å². The minimum atomic E-state index is -0.796. The molecule has 0 bridgehead atoms. The molecule has 0 amide bonds. The van der Waals surface area contributed by atoms with Crippen molar-refractivity contribution in [2.45, 2.75) is 92.9 Å². The second kappa shape index (κ2) is 13.3. The number of hydrogen-bond acceptors (Lipinski definition) is 0. The zero-order chi connectivity index (χ0) is 20.3. The molecule has 0 spiro atoms. The topological polar surface area (TPSA) is 0 Å². The van der Waals surface area contributed by atoms with Crippen LogP contribution in [-0.4, -0.2) is 0 Å². The highest BCUT2D eigenvalue weighted by molar-refractivity contribution is 5.36. The third kappa shape index (κ3) is 8.64. The lowest BCUT2D eigenvalue weighted by Gasteiger charge is -2.22. The van der Waals surface area contributed by atoms with Gasteiger partial charge in [0.05, 0.1) is 0 Å². The molecule has 4 atom stereocenters. The van der Waals surface area contributed by atoms with E-state index >= 15 is 0 Å². The molecule has 0 heterocycles. The van der Waals surface area contributed by atoms with Crippen LogP contribution >= 0.6 is 0 Å². The van der Waals surface area contributed by atoms with E-state index in [1.165, 1.54) is 19.3 Å². The van der Waals surface area contributed by atoms with Crippen molar-refractivity contribution in [3.63, 3.8) is 0 Å². The Morgan fingerprint density at radius 3 is 1.50 bits per heavy atom. The second-order valence-corrected chi connectivity index (χ2v) is 8.30. The van der Waals surface area contributed by atoms with Gasteiger partial charge in [-0.2, -0.15) is 0 Å². The van der Waals surface area contributed by atoms with E-state index in [2.05, 4.69) is 40.9 Å². The molecule has 0 aromatic heterocycles. The molecule has 0 nitrogen and oxygen atoms in total. The molecular weight excluding hydrogens is 326 g/mol. The minimum absolute atomic E-state index is 0.0387. The van der Waals surface area contributed by atoms with Crippen LogP contribution in [-0.2, 0) is 0 Å². The summed E-state index contributed by atoms with van der Waals surface area (Å²) in [5.74, 6) is -0.416. The fraction of sp³-hybridized carbons (Fsp3) is 0.750. The Morgan fingerprint density at radius 2 is 1.04 bits per heavy atom. The molecule has 0 N–H and O–H groups in total. The highest BCUT2D eigenvalue weighted by atomic mass is 19.2. The van der Waals surface area contributed by atoms with Crippen LogP contribution in [0.1, 0.15) is 92.9 Å². The van der Waals surface area contributed by atoms with Crippen molar-refractivity contribution >= 4 is 0 Å². The molecular formula is C24H42F2. The van der Waals surface area contributed by atoms with Crippen molar-refractivity contribution < 1.29 is 8.78 Å². The van der Waals surface area contributed by atoms with Gasteiger partial charge in [-0.1, -0.05) is 86.8 Å². The largest absolute Gasteiger partial charge is 0.203 e. The van der Waals surface area contributed by atoms with Gasteiger partial charge in [-0.05, 0) is 54.1 Å². The Hall–Kier alpha value is -0.920. The molecule has 0 aliphatic rings. The maximum absolute atomic E-state index is 14.6. The molecule has 0 rings (SSSR count). The fourth-order valence-electron chi connectivity index (χ4n) is 3.18. The third-order valence-electron chi connectivity index (χ3n) is 5.98. The van der Waals surface area contributed by atoms with Gasteiger partial charge in [-0.3, -0.25) is 0 Å². The number of allylic oxidation sites excluding steroid dienone is 4. The van der Waals surface area contributed by atoms with Crippen LogP contribution in [0.4, 0.5) is 8.78 Å². The van der Waals surface area contributed by atoms with Crippen LogP contribution in [0, 0.1) is 23.7 Å². The molecule has 2 heteroatoms. The molecule has 0 aromatic carbocycles. The van der Waals surface area contributed by atoms with E-state index < -0.39 is 11.7 Å². The molecule has 0 saturated carbocycles. The van der Waals surface area contributed by atoms with Crippen molar-refractivity contribution in [3.8, 4) is 0 Å². The van der Waals surface area contributed by atoms with Gasteiger partial charge in [0.15, 0.2) is 11.7 Å². The first kappa shape index (κ1) is 25.1. The molecule has 4 unspecified atom stereocenters. The zero-order valence-electron chi connectivity index (χ0n) is 18.1. The van der Waals surface area contributed by atoms with E-state index in [9.17, 15) is 8.78 Å². The zero-order valence-corrected chi connectivity index (χ0v) is 18.1. The van der Waals surface area contributed by atoms with Crippen LogP contribution < -0.4 is 0 Å². The van der Waals surface area contributed by atoms with Gasteiger partial charge in [0, 0.05) is 0 Å². The van der Waals surface area contributed by atoms with Crippen molar-refractivity contribution in [2.75, 3.05) is 0 Å². The predicted molar refractivity (Wildman–Crippen MR) is 112 cm³/mol. The van der Waals surface area contributed by atoms with Gasteiger partial charge < -0.3 is 0 Å². The molecule has 0 fully saturated rings. The number of rotatable bonds is 14. The summed E-state index contributed by atoms with van der Waals surface area (Å²) in [7, 11) is 0. The first-order valence-electron chi connectivity index (χ1n) is 10.6. The standard InChI is InChI=1S/C24H42F2/c1-9-11-13-17(3)18(4)15-16-20(6)22(8)24(26)23(25)21(7)19(5)14-12-10-2/h17-20H,7-16H2,1-6H3/b24-23-. The fourth-order valence-corrected chi connectivity index (χ4v) is 3.18. The highest BCUT2D eigenvalue weighted by Gasteiger charge is 2.21. The van der Waals surface area contributed by atoms with Gasteiger partial charge in [0.2, 0.25) is 0 Å². The third-order valence-corrected chi connectivity index (χ3v) is 5.98. The summed E-state index contributed by atoms with van der Waals surface area (Å²) in [6.07, 6.45) is 8.47. The van der Waals surface area contributed by atoms with Gasteiger partial charge in [-0.25, -0.2) is 8.78 Å². The monoisotopic (exact) mass is 368 g/mol. The Labute approximate surface area is 161 Å². The van der Waals surface area contributed by atoms with Gasteiger partial charge in [-0.15, -0.1) is 0 Å². The molecule has 0 aromatic rings. The molecule has 0 aliphatic heterocycles. The van der Waals surface area contributed by atoms with Gasteiger partial charge in [0.1, 0.15) is 0 Å². The van der Waals surface area contributed by atoms with Crippen molar-refractivity contribution in [1.29, 1.82) is 0 Å². The average molecular weight is 369 g/mol. The number of unbranched alkanes of at least 4 members (excludes halogenated alkanes) is 2. The van der Waals surface area contributed by atoms with Gasteiger partial charge >= 0.3 is 0 Å². The summed E-state index contributed by atoms with van der Waals surface area (Å²) in [6.45, 7) is 20.3. The van der Waals surface area contributed by atoms with Crippen LogP contribution in [0.2, 0.25) is 0 Å². The predicted octanol–water partition coefficient (Wildman–Crippen LogP) is 8.95. The van der Waals surface area contributed by atoms with E-state index in [1.807, 2.05) is 13.8 Å². The summed E-state index contributed by atoms with van der Waals surface area (Å²) in [4.78, 5) is 0. The Bertz CT molecular complexity index is 461. The number of halogens is 2. The lowest BCUT2D eigenvalue weighted by atomic mass is 9.84. The highest BCUT2D eigenvalue weighted by Crippen LogP contribution is 2.34. The van der Waals surface area contributed by atoms with Crippen LogP contribution in [0.5, 0.6) is 0 Å². The smallest absolute Gasteiger partial charge is 0.161 e. The van der Waals surface area contributed by atoms with E-state index in [0.29, 0.717) is 11.8 Å². The average Bonchev–Trinajstić information content (AvgIpc) is 2.65. The van der Waals surface area contributed by atoms with Gasteiger partial charge in [0.25, 0.3) is 0 Å². The van der Waals surface area contributed by atoms with E-state index in [1.54, 1.807) is 0 Å². The van der Waals surface area contributed by atoms with Crippen LogP contribution in [0.3, 0.4) is 0 Å². The Kier molecular flexibility index (Phi) is 12.8. The van der Waals surface area contributed by atoms with E-state index in [0.717, 1.165) is 32.1 Å². The quantitative estimate of drug-likeness (QED) is 0.268. The SMILES string of the molecule is C=C(/C(F)=C(/F)C(=C)C(C)CCC(C)C(C)CCCC)C(C)CCCC. The Morgan fingerprint density at radius 1 is 0.654 bits per heavy atom. The maximum atomic E-state index is 14.6. The number of hydrogen-bond donors (Lipinski definition) is 0. The first-order chi connectivity index (χ1) is 12.2. The lowest BCUT2D eigenvalue weighted by molar-refractivity contribution is 0.316. The second-order valence-electron chi connectivity index (χ2n) is 8.30. The summed E-state index contributed by atoms with van der Waals surface area (Å²) in [6, 6.07) is 0. The van der Waals surface area contributed by atoms with E-state index in [4.69, 9.17) is 0 Å². The maximum Gasteiger partial charge on any atom is 0.161 e. The minimum Gasteiger partial charge on any atom is -0.203 e. The summed E-state index contributed by atoms with van der Waals surface area (Å²) >= 11 is 0. The van der Waals surface area contributed by atoms with Crippen molar-refractivity contribution in [1.82, 2.24) is 0 Å². The van der Waals surface area contributed by atoms with Crippen LogP contribution in [0.25, 0.3) is 0 Å². The summed E-state index contributed by atoms with van der Waals surface area (Å²) in [5, 5.41) is 0. The summed E-state index contributed by atoms with van der Waals surface area (Å²) < 4.78 is 29.1. The van der Waals surface area contributed by atoms with Crippen LogP contribution in [0.15, 0.2) is 36.0 Å². The van der Waals surface area contributed by atoms with E-state index in [-0.39, 0.29) is 23.0 Å². The molecule has 152 valence electrons. The molecule has 26 heavy (non-hydrogen) atoms. The Balaban J connectivity index is 4.71. The molecule has 0 radical (unpaired) electrons. The normalized spacial score (nSPS) is 17.2. The molecule has 0 saturated heterocycles. The summed E-state index contributed by atoms with van der Waals surface area (Å²) in [5.41, 5.74) is 0.547. The molecule has 0 aliphatic carbocycles. The first-order valence-corrected chi connectivity index (χ1v) is 10.6. The lowest BCUT2D eigenvalue weighted by Crippen LogP contribution is -2.11. The van der Waals surface area contributed by atoms with Crippen molar-refractivity contribution in [3.05, 3.63) is 36.0 Å².